The average Bonchev–Trinajstić information content (AvgIpc) is 3.13. The molecule has 4 aromatic rings. The van der Waals surface area contributed by atoms with Gasteiger partial charge >= 0.3 is 0 Å². The molecule has 2 aromatic carbocycles. The van der Waals surface area contributed by atoms with Crippen molar-refractivity contribution >= 4 is 34.9 Å². The van der Waals surface area contributed by atoms with Crippen LogP contribution in [0, 0.1) is 12.9 Å². The topological polar surface area (TPSA) is 62.0 Å². The number of thiol groups is 1. The zero-order chi connectivity index (χ0) is 21.5. The van der Waals surface area contributed by atoms with Gasteiger partial charge in [-0.05, 0) is 62.0 Å². The second kappa shape index (κ2) is 10.1. The lowest BCUT2D eigenvalue weighted by atomic mass is 10.1. The van der Waals surface area contributed by atoms with Crippen LogP contribution in [-0.2, 0) is 6.54 Å². The Balaban J connectivity index is 0.000000239. The monoisotopic (exact) mass is 424 g/mol. The van der Waals surface area contributed by atoms with Gasteiger partial charge in [-0.1, -0.05) is 12.1 Å². The SMILES string of the molecule is CNCc1c[nH]c2cc(Nc3ccc(C)nc3F)ccc12.COc1cccc(S)c1. The summed E-state index contributed by atoms with van der Waals surface area (Å²) >= 11 is 4.13. The molecule has 0 amide bonds. The maximum Gasteiger partial charge on any atom is 0.236 e. The third-order valence-corrected chi connectivity index (χ3v) is 4.73. The van der Waals surface area contributed by atoms with E-state index in [1.807, 2.05) is 55.7 Å². The zero-order valence-electron chi connectivity index (χ0n) is 17.2. The molecule has 0 atom stereocenters. The molecule has 2 heterocycles. The summed E-state index contributed by atoms with van der Waals surface area (Å²) in [5.74, 6) is 0.361. The van der Waals surface area contributed by atoms with Crippen LogP contribution in [-0.4, -0.2) is 24.1 Å². The molecule has 0 saturated carbocycles. The maximum absolute atomic E-state index is 13.8. The van der Waals surface area contributed by atoms with Gasteiger partial charge in [0.25, 0.3) is 0 Å². The number of hydrogen-bond donors (Lipinski definition) is 4. The lowest BCUT2D eigenvalue weighted by Gasteiger charge is -2.08. The molecule has 3 N–H and O–H groups in total. The van der Waals surface area contributed by atoms with Gasteiger partial charge in [0.2, 0.25) is 5.95 Å². The number of fused-ring (bicyclic) bond motifs is 1. The van der Waals surface area contributed by atoms with Crippen molar-refractivity contribution in [3.8, 4) is 5.75 Å². The third-order valence-electron chi connectivity index (χ3n) is 4.45. The number of nitrogens with one attached hydrogen (secondary N) is 3. The number of H-pyrrole nitrogens is 1. The number of methoxy groups -OCH3 is 1. The van der Waals surface area contributed by atoms with E-state index in [1.54, 1.807) is 26.2 Å². The van der Waals surface area contributed by atoms with Crippen molar-refractivity contribution in [2.75, 3.05) is 19.5 Å². The van der Waals surface area contributed by atoms with E-state index in [4.69, 9.17) is 4.74 Å². The molecule has 4 rings (SSSR count). The lowest BCUT2D eigenvalue weighted by Crippen LogP contribution is -2.03. The smallest absolute Gasteiger partial charge is 0.236 e. The fourth-order valence-electron chi connectivity index (χ4n) is 2.99. The number of halogens is 1. The molecule has 0 aliphatic carbocycles. The van der Waals surface area contributed by atoms with Gasteiger partial charge in [0, 0.05) is 39.9 Å². The average molecular weight is 425 g/mol. The first kappa shape index (κ1) is 21.7. The van der Waals surface area contributed by atoms with Crippen molar-refractivity contribution in [1.82, 2.24) is 15.3 Å². The summed E-state index contributed by atoms with van der Waals surface area (Å²) in [7, 11) is 3.56. The Bertz CT molecular complexity index is 1130. The molecular formula is C23H25FN4OS. The van der Waals surface area contributed by atoms with Crippen molar-refractivity contribution in [3.63, 3.8) is 0 Å². The Labute approximate surface area is 181 Å². The number of benzene rings is 2. The standard InChI is InChI=1S/C16H17FN4.C7H8OS/c1-10-3-6-14(16(17)20-10)21-12-4-5-13-11(8-18-2)9-19-15(13)7-12;1-8-6-3-2-4-7(9)5-6/h3-7,9,18-19,21H,8H2,1-2H3;2-5,9H,1H3. The quantitative estimate of drug-likeness (QED) is 0.254. The van der Waals surface area contributed by atoms with Crippen molar-refractivity contribution in [1.29, 1.82) is 0 Å². The van der Waals surface area contributed by atoms with Crippen molar-refractivity contribution < 1.29 is 9.13 Å². The van der Waals surface area contributed by atoms with Crippen LogP contribution in [0.2, 0.25) is 0 Å². The molecule has 0 aliphatic rings. The van der Waals surface area contributed by atoms with E-state index in [-0.39, 0.29) is 0 Å². The number of hydrogen-bond acceptors (Lipinski definition) is 5. The van der Waals surface area contributed by atoms with E-state index < -0.39 is 5.95 Å². The zero-order valence-corrected chi connectivity index (χ0v) is 18.1. The highest BCUT2D eigenvalue weighted by molar-refractivity contribution is 7.80. The third kappa shape index (κ3) is 5.52. The first-order valence-corrected chi connectivity index (χ1v) is 9.92. The molecule has 0 aliphatic heterocycles. The summed E-state index contributed by atoms with van der Waals surface area (Å²) in [6.45, 7) is 2.57. The largest absolute Gasteiger partial charge is 0.497 e. The van der Waals surface area contributed by atoms with Crippen LogP contribution in [0.5, 0.6) is 5.75 Å². The van der Waals surface area contributed by atoms with Crippen LogP contribution in [0.15, 0.2) is 65.7 Å². The van der Waals surface area contributed by atoms with Gasteiger partial charge in [-0.2, -0.15) is 4.39 Å². The van der Waals surface area contributed by atoms with Crippen molar-refractivity contribution in [2.24, 2.45) is 0 Å². The number of aryl methyl sites for hydroxylation is 1. The maximum atomic E-state index is 13.8. The summed E-state index contributed by atoms with van der Waals surface area (Å²) in [5, 5.41) is 7.36. The second-order valence-corrected chi connectivity index (χ2v) is 7.24. The van der Waals surface area contributed by atoms with Crippen LogP contribution in [0.25, 0.3) is 10.9 Å². The molecule has 0 bridgehead atoms. The summed E-state index contributed by atoms with van der Waals surface area (Å²) in [4.78, 5) is 7.97. The molecule has 7 heteroatoms. The Morgan fingerprint density at radius 2 is 1.97 bits per heavy atom. The molecule has 5 nitrogen and oxygen atoms in total. The molecule has 2 aromatic heterocycles. The number of pyridine rings is 1. The van der Waals surface area contributed by atoms with Gasteiger partial charge in [0.15, 0.2) is 0 Å². The van der Waals surface area contributed by atoms with Crippen molar-refractivity contribution in [2.45, 2.75) is 18.4 Å². The lowest BCUT2D eigenvalue weighted by molar-refractivity contribution is 0.413. The Morgan fingerprint density at radius 1 is 1.13 bits per heavy atom. The fraction of sp³-hybridized carbons (Fsp3) is 0.174. The van der Waals surface area contributed by atoms with E-state index in [2.05, 4.69) is 33.2 Å². The first-order chi connectivity index (χ1) is 14.5. The highest BCUT2D eigenvalue weighted by Crippen LogP contribution is 2.25. The van der Waals surface area contributed by atoms with Crippen LogP contribution in [0.4, 0.5) is 15.8 Å². The molecule has 0 unspecified atom stereocenters. The second-order valence-electron chi connectivity index (χ2n) is 6.72. The first-order valence-electron chi connectivity index (χ1n) is 9.48. The van der Waals surface area contributed by atoms with Gasteiger partial charge in [0.1, 0.15) is 5.75 Å². The number of ether oxygens (including phenoxy) is 1. The molecule has 0 fully saturated rings. The molecule has 0 radical (unpaired) electrons. The van der Waals surface area contributed by atoms with Crippen LogP contribution >= 0.6 is 12.6 Å². The Kier molecular flexibility index (Phi) is 7.32. The number of rotatable bonds is 5. The predicted molar refractivity (Wildman–Crippen MR) is 124 cm³/mol. The van der Waals surface area contributed by atoms with Gasteiger partial charge < -0.3 is 20.4 Å². The molecular weight excluding hydrogens is 399 g/mol. The van der Waals surface area contributed by atoms with E-state index in [1.165, 1.54) is 5.56 Å². The van der Waals surface area contributed by atoms with Gasteiger partial charge in [-0.25, -0.2) is 4.98 Å². The van der Waals surface area contributed by atoms with E-state index in [0.29, 0.717) is 11.4 Å². The van der Waals surface area contributed by atoms with Crippen LogP contribution in [0.3, 0.4) is 0 Å². The normalized spacial score (nSPS) is 10.4. The molecule has 156 valence electrons. The molecule has 0 saturated heterocycles. The summed E-state index contributed by atoms with van der Waals surface area (Å²) in [6, 6.07) is 17.0. The number of aromatic amines is 1. The predicted octanol–water partition coefficient (Wildman–Crippen LogP) is 5.46. The van der Waals surface area contributed by atoms with Gasteiger partial charge in [-0.3, -0.25) is 0 Å². The number of anilines is 2. The number of nitrogens with zero attached hydrogens (tertiary/aromatic N) is 1. The van der Waals surface area contributed by atoms with E-state index >= 15 is 0 Å². The van der Waals surface area contributed by atoms with Crippen LogP contribution in [0.1, 0.15) is 11.3 Å². The summed E-state index contributed by atoms with van der Waals surface area (Å²) in [5.41, 5.74) is 4.09. The van der Waals surface area contributed by atoms with Gasteiger partial charge in [0.05, 0.1) is 12.8 Å². The summed E-state index contributed by atoms with van der Waals surface area (Å²) in [6.07, 6.45) is 1.99. The highest BCUT2D eigenvalue weighted by Gasteiger charge is 2.07. The molecule has 0 spiro atoms. The highest BCUT2D eigenvalue weighted by atomic mass is 32.1. The molecule has 30 heavy (non-hydrogen) atoms. The fourth-order valence-corrected chi connectivity index (χ4v) is 3.20. The van der Waals surface area contributed by atoms with Crippen LogP contribution < -0.4 is 15.4 Å². The Hall–Kier alpha value is -3.03. The summed E-state index contributed by atoms with van der Waals surface area (Å²) < 4.78 is 18.7. The minimum Gasteiger partial charge on any atom is -0.497 e. The number of aromatic nitrogens is 2. The minimum absolute atomic E-state index is 0.377. The van der Waals surface area contributed by atoms with E-state index in [0.717, 1.165) is 33.8 Å². The minimum atomic E-state index is -0.488. The van der Waals surface area contributed by atoms with E-state index in [9.17, 15) is 4.39 Å². The van der Waals surface area contributed by atoms with Gasteiger partial charge in [-0.15, -0.1) is 12.6 Å². The van der Waals surface area contributed by atoms with Crippen molar-refractivity contribution in [3.05, 3.63) is 78.0 Å². The Morgan fingerprint density at radius 3 is 2.63 bits per heavy atom.